The summed E-state index contributed by atoms with van der Waals surface area (Å²) in [6.07, 6.45) is 0.531. The molecule has 1 aromatic heterocycles. The van der Waals surface area contributed by atoms with Crippen molar-refractivity contribution in [3.8, 4) is 5.75 Å². The van der Waals surface area contributed by atoms with Crippen molar-refractivity contribution in [3.63, 3.8) is 0 Å². The number of carbonyl (C=O) groups excluding carboxylic acids is 1. The number of halogens is 2. The Kier molecular flexibility index (Phi) is 4.96. The lowest BCUT2D eigenvalue weighted by atomic mass is 9.98. The summed E-state index contributed by atoms with van der Waals surface area (Å²) < 4.78 is 5.25. The number of benzene rings is 2. The number of hydrazone groups is 1. The molecule has 0 aliphatic carbocycles. The molecule has 0 fully saturated rings. The number of hydrogen-bond acceptors (Lipinski definition) is 4. The maximum Gasteiger partial charge on any atom is 0.240 e. The molecule has 2 heterocycles. The van der Waals surface area contributed by atoms with Crippen molar-refractivity contribution in [2.45, 2.75) is 19.4 Å². The van der Waals surface area contributed by atoms with Crippen molar-refractivity contribution in [3.05, 3.63) is 69.8 Å². The minimum absolute atomic E-state index is 0.159. The number of ether oxygens (including phenoxy) is 1. The lowest BCUT2D eigenvalue weighted by Crippen LogP contribution is -2.24. The van der Waals surface area contributed by atoms with E-state index < -0.39 is 0 Å². The number of carbonyl (C=O) groups is 1. The molecule has 5 nitrogen and oxygen atoms in total. The van der Waals surface area contributed by atoms with Crippen molar-refractivity contribution in [1.82, 2.24) is 9.99 Å². The molecule has 1 atom stereocenters. The van der Waals surface area contributed by atoms with Gasteiger partial charge in [-0.1, -0.05) is 35.3 Å². The van der Waals surface area contributed by atoms with Crippen molar-refractivity contribution < 1.29 is 9.53 Å². The van der Waals surface area contributed by atoms with E-state index in [2.05, 4.69) is 10.1 Å². The van der Waals surface area contributed by atoms with Gasteiger partial charge in [-0.25, -0.2) is 9.99 Å². The number of fused-ring (bicyclic) bond motifs is 1. The van der Waals surface area contributed by atoms with Gasteiger partial charge in [-0.3, -0.25) is 4.79 Å². The van der Waals surface area contributed by atoms with Crippen molar-refractivity contribution in [1.29, 1.82) is 0 Å². The predicted molar refractivity (Wildman–Crippen MR) is 111 cm³/mol. The van der Waals surface area contributed by atoms with Crippen LogP contribution in [0.1, 0.15) is 30.5 Å². The van der Waals surface area contributed by atoms with E-state index in [0.29, 0.717) is 22.3 Å². The number of methoxy groups -OCH3 is 1. The van der Waals surface area contributed by atoms with Crippen LogP contribution in [0, 0.1) is 0 Å². The monoisotopic (exact) mass is 413 g/mol. The van der Waals surface area contributed by atoms with Gasteiger partial charge in [0.05, 0.1) is 24.4 Å². The van der Waals surface area contributed by atoms with Crippen LogP contribution in [0.5, 0.6) is 5.75 Å². The van der Waals surface area contributed by atoms with E-state index in [-0.39, 0.29) is 11.9 Å². The second-order valence-corrected chi connectivity index (χ2v) is 7.36. The second-order valence-electron chi connectivity index (χ2n) is 6.57. The molecule has 1 unspecified atom stereocenters. The number of pyridine rings is 1. The Morgan fingerprint density at radius 3 is 2.71 bits per heavy atom. The molecule has 1 aliphatic rings. The lowest BCUT2D eigenvalue weighted by molar-refractivity contribution is -0.130. The topological polar surface area (TPSA) is 54.8 Å². The molecule has 142 valence electrons. The average Bonchev–Trinajstić information content (AvgIpc) is 3.12. The summed E-state index contributed by atoms with van der Waals surface area (Å²) in [6, 6.07) is 14.7. The van der Waals surface area contributed by atoms with Crippen molar-refractivity contribution in [2.24, 2.45) is 5.10 Å². The Morgan fingerprint density at radius 1 is 1.18 bits per heavy atom. The fourth-order valence-corrected chi connectivity index (χ4v) is 3.85. The van der Waals surface area contributed by atoms with E-state index in [1.807, 2.05) is 42.5 Å². The SMILES string of the molecule is COc1ccc2cc(C3CC(c4cccc(Cl)c4)=NN3C(C)=O)c(Cl)nc2c1. The highest BCUT2D eigenvalue weighted by atomic mass is 35.5. The number of aromatic nitrogens is 1. The van der Waals surface area contributed by atoms with Gasteiger partial charge in [0.25, 0.3) is 0 Å². The molecule has 3 aromatic rings. The van der Waals surface area contributed by atoms with Gasteiger partial charge in [-0.05, 0) is 35.9 Å². The Hall–Kier alpha value is -2.63. The van der Waals surface area contributed by atoms with Crippen LogP contribution in [0.15, 0.2) is 53.6 Å². The molecule has 0 radical (unpaired) electrons. The quantitative estimate of drug-likeness (QED) is 0.551. The fraction of sp³-hybridized carbons (Fsp3) is 0.190. The van der Waals surface area contributed by atoms with E-state index in [1.54, 1.807) is 13.2 Å². The molecule has 4 rings (SSSR count). The molecule has 0 saturated heterocycles. The normalized spacial score (nSPS) is 16.4. The van der Waals surface area contributed by atoms with Crippen LogP contribution in [-0.2, 0) is 4.79 Å². The summed E-state index contributed by atoms with van der Waals surface area (Å²) in [4.78, 5) is 16.8. The number of nitrogens with zero attached hydrogens (tertiary/aromatic N) is 3. The van der Waals surface area contributed by atoms with Crippen LogP contribution >= 0.6 is 23.2 Å². The molecule has 7 heteroatoms. The molecule has 2 aromatic carbocycles. The van der Waals surface area contributed by atoms with Gasteiger partial charge < -0.3 is 4.74 Å². The maximum absolute atomic E-state index is 12.2. The molecular weight excluding hydrogens is 397 g/mol. The van der Waals surface area contributed by atoms with E-state index in [9.17, 15) is 4.79 Å². The first-order valence-electron chi connectivity index (χ1n) is 8.73. The zero-order valence-electron chi connectivity index (χ0n) is 15.3. The molecule has 1 amide bonds. The predicted octanol–water partition coefficient (Wildman–Crippen LogP) is 5.25. The smallest absolute Gasteiger partial charge is 0.240 e. The van der Waals surface area contributed by atoms with Gasteiger partial charge >= 0.3 is 0 Å². The van der Waals surface area contributed by atoms with Crippen LogP contribution in [0.25, 0.3) is 10.9 Å². The van der Waals surface area contributed by atoms with Gasteiger partial charge in [-0.15, -0.1) is 0 Å². The first-order chi connectivity index (χ1) is 13.5. The molecule has 0 N–H and O–H groups in total. The lowest BCUT2D eigenvalue weighted by Gasteiger charge is -2.21. The van der Waals surface area contributed by atoms with Crippen LogP contribution in [0.3, 0.4) is 0 Å². The molecule has 1 aliphatic heterocycles. The average molecular weight is 414 g/mol. The third-order valence-electron chi connectivity index (χ3n) is 4.76. The van der Waals surface area contributed by atoms with E-state index in [0.717, 1.165) is 27.7 Å². The first kappa shape index (κ1) is 18.7. The first-order valence-corrected chi connectivity index (χ1v) is 9.49. The zero-order valence-corrected chi connectivity index (χ0v) is 16.8. The van der Waals surface area contributed by atoms with Crippen molar-refractivity contribution >= 4 is 45.7 Å². The largest absolute Gasteiger partial charge is 0.497 e. The summed E-state index contributed by atoms with van der Waals surface area (Å²) >= 11 is 12.6. The van der Waals surface area contributed by atoms with Gasteiger partial charge in [0.15, 0.2) is 0 Å². The highest BCUT2D eigenvalue weighted by molar-refractivity contribution is 6.31. The summed E-state index contributed by atoms with van der Waals surface area (Å²) in [5.41, 5.74) is 3.16. The Bertz CT molecular complexity index is 1110. The molecule has 28 heavy (non-hydrogen) atoms. The molecular formula is C21H17Cl2N3O2. The van der Waals surface area contributed by atoms with E-state index in [1.165, 1.54) is 11.9 Å². The second kappa shape index (κ2) is 7.41. The number of hydrogen-bond donors (Lipinski definition) is 0. The van der Waals surface area contributed by atoms with E-state index in [4.69, 9.17) is 27.9 Å². The third-order valence-corrected chi connectivity index (χ3v) is 5.29. The highest BCUT2D eigenvalue weighted by Crippen LogP contribution is 2.37. The van der Waals surface area contributed by atoms with Crippen LogP contribution < -0.4 is 4.74 Å². The van der Waals surface area contributed by atoms with Crippen LogP contribution in [-0.4, -0.2) is 28.7 Å². The van der Waals surface area contributed by atoms with Gasteiger partial charge in [-0.2, -0.15) is 5.10 Å². The van der Waals surface area contributed by atoms with Crippen LogP contribution in [0.4, 0.5) is 0 Å². The Balaban J connectivity index is 1.75. The highest BCUT2D eigenvalue weighted by Gasteiger charge is 2.33. The fourth-order valence-electron chi connectivity index (χ4n) is 3.39. The molecule has 0 spiro atoms. The zero-order chi connectivity index (χ0) is 19.8. The Labute approximate surface area is 172 Å². The van der Waals surface area contributed by atoms with Crippen molar-refractivity contribution in [2.75, 3.05) is 7.11 Å². The third kappa shape index (κ3) is 3.43. The minimum atomic E-state index is -0.321. The Morgan fingerprint density at radius 2 is 2.00 bits per heavy atom. The maximum atomic E-state index is 12.2. The number of amides is 1. The molecule has 0 bridgehead atoms. The summed E-state index contributed by atoms with van der Waals surface area (Å²) in [7, 11) is 1.61. The van der Waals surface area contributed by atoms with Gasteiger partial charge in [0, 0.05) is 35.4 Å². The van der Waals surface area contributed by atoms with Crippen LogP contribution in [0.2, 0.25) is 10.2 Å². The standard InChI is InChI=1S/C21H17Cl2N3O2/c1-12(27)26-20(11-19(25-26)13-4-3-5-15(22)8-13)17-9-14-6-7-16(28-2)10-18(14)24-21(17)23/h3-10,20H,11H2,1-2H3. The summed E-state index contributed by atoms with van der Waals surface area (Å²) in [5, 5.41) is 7.89. The van der Waals surface area contributed by atoms with E-state index >= 15 is 0 Å². The minimum Gasteiger partial charge on any atom is -0.497 e. The van der Waals surface area contributed by atoms with Gasteiger partial charge in [0.2, 0.25) is 5.91 Å². The summed E-state index contributed by atoms with van der Waals surface area (Å²) in [6.45, 7) is 1.49. The van der Waals surface area contributed by atoms with Gasteiger partial charge in [0.1, 0.15) is 10.9 Å². The summed E-state index contributed by atoms with van der Waals surface area (Å²) in [5.74, 6) is 0.551. The molecule has 0 saturated carbocycles. The number of rotatable bonds is 3.